The highest BCUT2D eigenvalue weighted by Gasteiger charge is 2.14. The van der Waals surface area contributed by atoms with Crippen molar-refractivity contribution in [3.05, 3.63) is 53.2 Å². The van der Waals surface area contributed by atoms with Crippen molar-refractivity contribution in [3.63, 3.8) is 0 Å². The van der Waals surface area contributed by atoms with Crippen LogP contribution in [0.2, 0.25) is 0 Å². The van der Waals surface area contributed by atoms with Gasteiger partial charge >= 0.3 is 0 Å². The molecule has 19 heavy (non-hydrogen) atoms. The molecule has 2 aromatic rings. The Labute approximate surface area is 112 Å². The molecule has 0 fully saturated rings. The minimum atomic E-state index is -0.0596. The Balaban J connectivity index is 1.96. The maximum Gasteiger partial charge on any atom is 0.228 e. The minimum absolute atomic E-state index is 0.0157. The molecule has 0 aliphatic heterocycles. The lowest BCUT2D eigenvalue weighted by atomic mass is 10.1. The van der Waals surface area contributed by atoms with E-state index in [2.05, 4.69) is 10.3 Å². The van der Waals surface area contributed by atoms with Crippen molar-refractivity contribution in [3.8, 4) is 0 Å². The predicted molar refractivity (Wildman–Crippen MR) is 72.7 cm³/mol. The minimum Gasteiger partial charge on any atom is -0.445 e. The van der Waals surface area contributed by atoms with Crippen LogP contribution in [-0.2, 0) is 11.2 Å². The van der Waals surface area contributed by atoms with E-state index in [0.717, 1.165) is 11.3 Å². The molecule has 4 heteroatoms. The van der Waals surface area contributed by atoms with Gasteiger partial charge in [0.1, 0.15) is 5.76 Å². The molecule has 1 unspecified atom stereocenters. The fourth-order valence-electron chi connectivity index (χ4n) is 2.00. The quantitative estimate of drug-likeness (QED) is 0.917. The molecule has 0 radical (unpaired) electrons. The molecular formula is C15H18N2O2. The van der Waals surface area contributed by atoms with Crippen molar-refractivity contribution >= 4 is 5.91 Å². The molecule has 2 rings (SSSR count). The molecule has 1 aromatic carbocycles. The highest BCUT2D eigenvalue weighted by atomic mass is 16.4. The van der Waals surface area contributed by atoms with Gasteiger partial charge in [-0.05, 0) is 19.4 Å². The van der Waals surface area contributed by atoms with Gasteiger partial charge in [0.2, 0.25) is 5.91 Å². The zero-order chi connectivity index (χ0) is 13.8. The zero-order valence-corrected chi connectivity index (χ0v) is 11.4. The van der Waals surface area contributed by atoms with Crippen LogP contribution in [0.3, 0.4) is 0 Å². The first-order valence-electron chi connectivity index (χ1n) is 6.33. The van der Waals surface area contributed by atoms with Crippen LogP contribution in [0.4, 0.5) is 0 Å². The fourth-order valence-corrected chi connectivity index (χ4v) is 2.00. The molecule has 0 aliphatic rings. The number of amides is 1. The molecule has 1 heterocycles. The molecule has 1 N–H and O–H groups in total. The molecule has 0 saturated heterocycles. The lowest BCUT2D eigenvalue weighted by molar-refractivity contribution is -0.121. The van der Waals surface area contributed by atoms with E-state index in [9.17, 15) is 4.79 Å². The van der Waals surface area contributed by atoms with E-state index in [0.29, 0.717) is 11.7 Å². The van der Waals surface area contributed by atoms with Gasteiger partial charge in [-0.25, -0.2) is 4.98 Å². The lowest BCUT2D eigenvalue weighted by Gasteiger charge is -2.13. The molecule has 0 bridgehead atoms. The molecule has 1 atom stereocenters. The fraction of sp³-hybridized carbons (Fsp3) is 0.333. The number of aromatic nitrogens is 1. The third-order valence-electron chi connectivity index (χ3n) is 3.00. The second-order valence-electron chi connectivity index (χ2n) is 4.62. The van der Waals surface area contributed by atoms with E-state index in [4.69, 9.17) is 4.42 Å². The number of aryl methyl sites for hydroxylation is 2. The Bertz CT molecular complexity index is 561. The van der Waals surface area contributed by atoms with Crippen LogP contribution in [0.25, 0.3) is 0 Å². The van der Waals surface area contributed by atoms with Crippen LogP contribution in [0.15, 0.2) is 34.7 Å². The van der Waals surface area contributed by atoms with Crippen molar-refractivity contribution in [2.24, 2.45) is 0 Å². The summed E-state index contributed by atoms with van der Waals surface area (Å²) in [5, 5.41) is 2.95. The molecule has 0 spiro atoms. The number of hydrogen-bond donors (Lipinski definition) is 1. The lowest BCUT2D eigenvalue weighted by Crippen LogP contribution is -2.28. The van der Waals surface area contributed by atoms with E-state index in [-0.39, 0.29) is 18.4 Å². The first-order valence-corrected chi connectivity index (χ1v) is 6.33. The van der Waals surface area contributed by atoms with Gasteiger partial charge in [0.05, 0.1) is 18.2 Å². The van der Waals surface area contributed by atoms with Gasteiger partial charge in [-0.15, -0.1) is 0 Å². The first-order chi connectivity index (χ1) is 9.06. The van der Waals surface area contributed by atoms with E-state index in [1.54, 1.807) is 6.92 Å². The van der Waals surface area contributed by atoms with Crippen LogP contribution in [-0.4, -0.2) is 10.9 Å². The highest BCUT2D eigenvalue weighted by molar-refractivity contribution is 5.78. The largest absolute Gasteiger partial charge is 0.445 e. The number of hydrogen-bond acceptors (Lipinski definition) is 3. The van der Waals surface area contributed by atoms with Crippen molar-refractivity contribution < 1.29 is 9.21 Å². The summed E-state index contributed by atoms with van der Waals surface area (Å²) in [7, 11) is 0. The summed E-state index contributed by atoms with van der Waals surface area (Å²) in [5.74, 6) is 1.17. The van der Waals surface area contributed by atoms with Crippen molar-refractivity contribution in [2.75, 3.05) is 0 Å². The third-order valence-corrected chi connectivity index (χ3v) is 3.00. The summed E-state index contributed by atoms with van der Waals surface area (Å²) in [4.78, 5) is 16.1. The number of carbonyl (C=O) groups is 1. The Morgan fingerprint density at radius 2 is 2.00 bits per heavy atom. The van der Waals surface area contributed by atoms with Gasteiger partial charge in [0.25, 0.3) is 0 Å². The Hall–Kier alpha value is -2.10. The number of benzene rings is 1. The van der Waals surface area contributed by atoms with Crippen LogP contribution in [0, 0.1) is 13.8 Å². The van der Waals surface area contributed by atoms with E-state index in [1.807, 2.05) is 44.2 Å². The van der Waals surface area contributed by atoms with Gasteiger partial charge < -0.3 is 9.73 Å². The monoisotopic (exact) mass is 258 g/mol. The molecule has 0 saturated carbocycles. The molecule has 1 aromatic heterocycles. The van der Waals surface area contributed by atoms with Gasteiger partial charge in [-0.3, -0.25) is 4.79 Å². The van der Waals surface area contributed by atoms with Crippen LogP contribution in [0.1, 0.15) is 35.9 Å². The number of carbonyl (C=O) groups excluding carboxylic acids is 1. The van der Waals surface area contributed by atoms with Crippen LogP contribution < -0.4 is 5.32 Å². The third kappa shape index (κ3) is 3.44. The summed E-state index contributed by atoms with van der Waals surface area (Å²) in [5.41, 5.74) is 1.86. The maximum absolute atomic E-state index is 12.0. The number of rotatable bonds is 4. The van der Waals surface area contributed by atoms with Crippen molar-refractivity contribution in [1.29, 1.82) is 0 Å². The number of oxazole rings is 1. The van der Waals surface area contributed by atoms with E-state index in [1.165, 1.54) is 0 Å². The number of nitrogens with zero attached hydrogens (tertiary/aromatic N) is 1. The zero-order valence-electron chi connectivity index (χ0n) is 11.4. The average molecular weight is 258 g/mol. The van der Waals surface area contributed by atoms with E-state index < -0.39 is 0 Å². The summed E-state index contributed by atoms with van der Waals surface area (Å²) in [6, 6.07) is 9.85. The normalized spacial score (nSPS) is 12.2. The smallest absolute Gasteiger partial charge is 0.228 e. The summed E-state index contributed by atoms with van der Waals surface area (Å²) >= 11 is 0. The molecule has 4 nitrogen and oxygen atoms in total. The second kappa shape index (κ2) is 5.69. The molecule has 0 aliphatic carbocycles. The Morgan fingerprint density at radius 3 is 2.58 bits per heavy atom. The van der Waals surface area contributed by atoms with Gasteiger partial charge in [0, 0.05) is 6.92 Å². The summed E-state index contributed by atoms with van der Waals surface area (Å²) in [6.07, 6.45) is 0.226. The van der Waals surface area contributed by atoms with Gasteiger partial charge in [-0.2, -0.15) is 0 Å². The second-order valence-corrected chi connectivity index (χ2v) is 4.62. The molecular weight excluding hydrogens is 240 g/mol. The number of nitrogens with one attached hydrogen (secondary N) is 1. The summed E-state index contributed by atoms with van der Waals surface area (Å²) in [6.45, 7) is 5.59. The molecule has 100 valence electrons. The highest BCUT2D eigenvalue weighted by Crippen LogP contribution is 2.13. The van der Waals surface area contributed by atoms with Crippen molar-refractivity contribution in [1.82, 2.24) is 10.3 Å². The summed E-state index contributed by atoms with van der Waals surface area (Å²) < 4.78 is 5.40. The maximum atomic E-state index is 12.0. The SMILES string of the molecule is Cc1nc(C)c(CC(=O)NC(C)c2ccccc2)o1. The van der Waals surface area contributed by atoms with Crippen LogP contribution >= 0.6 is 0 Å². The standard InChI is InChI=1S/C15H18N2O2/c1-10(13-7-5-4-6-8-13)17-15(18)9-14-11(2)16-12(3)19-14/h4-8,10H,9H2,1-3H3,(H,17,18). The topological polar surface area (TPSA) is 55.1 Å². The molecule has 1 amide bonds. The van der Waals surface area contributed by atoms with Crippen LogP contribution in [0.5, 0.6) is 0 Å². The predicted octanol–water partition coefficient (Wildman–Crippen LogP) is 2.71. The van der Waals surface area contributed by atoms with E-state index >= 15 is 0 Å². The Morgan fingerprint density at radius 1 is 1.32 bits per heavy atom. The van der Waals surface area contributed by atoms with Crippen molar-refractivity contribution in [2.45, 2.75) is 33.2 Å². The average Bonchev–Trinajstić information content (AvgIpc) is 2.68. The van der Waals surface area contributed by atoms with Gasteiger partial charge in [0.15, 0.2) is 5.89 Å². The Kier molecular flexibility index (Phi) is 4.00. The van der Waals surface area contributed by atoms with Gasteiger partial charge in [-0.1, -0.05) is 30.3 Å². The first kappa shape index (κ1) is 13.3.